The van der Waals surface area contributed by atoms with E-state index in [1.54, 1.807) is 42.5 Å². The van der Waals surface area contributed by atoms with Crippen LogP contribution in [0.1, 0.15) is 26.3 Å². The number of ether oxygens (including phenoxy) is 1. The van der Waals surface area contributed by atoms with Crippen LogP contribution in [0, 0.1) is 5.41 Å². The molecule has 2 aromatic carbocycles. The second kappa shape index (κ2) is 7.02. The quantitative estimate of drug-likeness (QED) is 0.859. The van der Waals surface area contributed by atoms with E-state index in [2.05, 4.69) is 5.32 Å². The normalized spacial score (nSPS) is 11.2. The summed E-state index contributed by atoms with van der Waals surface area (Å²) in [6, 6.07) is 12.2. The number of carbonyl (C=O) groups excluding carboxylic acids is 1. The molecule has 0 aromatic heterocycles. The molecular formula is C18H20ClNO3. The van der Waals surface area contributed by atoms with Gasteiger partial charge < -0.3 is 15.2 Å². The monoisotopic (exact) mass is 333 g/mol. The minimum Gasteiger partial charge on any atom is -0.456 e. The Balaban J connectivity index is 2.11. The molecule has 0 unspecified atom stereocenters. The molecule has 0 saturated heterocycles. The van der Waals surface area contributed by atoms with Crippen molar-refractivity contribution < 1.29 is 14.6 Å². The minimum absolute atomic E-state index is 0.0107. The van der Waals surface area contributed by atoms with Gasteiger partial charge >= 0.3 is 0 Å². The van der Waals surface area contributed by atoms with Crippen LogP contribution in [0.2, 0.25) is 5.02 Å². The van der Waals surface area contributed by atoms with Gasteiger partial charge in [0.05, 0.1) is 11.6 Å². The first-order valence-corrected chi connectivity index (χ1v) is 7.66. The molecule has 2 rings (SSSR count). The van der Waals surface area contributed by atoms with Crippen LogP contribution >= 0.6 is 11.6 Å². The number of aliphatic hydroxyl groups is 1. The van der Waals surface area contributed by atoms with E-state index in [1.165, 1.54) is 0 Å². The molecule has 0 heterocycles. The third-order valence-electron chi connectivity index (χ3n) is 3.20. The van der Waals surface area contributed by atoms with Crippen LogP contribution in [0.3, 0.4) is 0 Å². The Hall–Kier alpha value is -2.04. The van der Waals surface area contributed by atoms with Crippen molar-refractivity contribution in [3.05, 3.63) is 53.1 Å². The van der Waals surface area contributed by atoms with Crippen LogP contribution in [-0.2, 0) is 11.4 Å². The maximum absolute atomic E-state index is 12.0. The van der Waals surface area contributed by atoms with Gasteiger partial charge in [0.15, 0.2) is 0 Å². The van der Waals surface area contributed by atoms with E-state index in [1.807, 2.05) is 20.8 Å². The number of benzene rings is 2. The van der Waals surface area contributed by atoms with Gasteiger partial charge in [0.2, 0.25) is 5.91 Å². The Kier molecular flexibility index (Phi) is 5.29. The summed E-state index contributed by atoms with van der Waals surface area (Å²) >= 11 is 6.22. The third-order valence-corrected chi connectivity index (χ3v) is 3.50. The zero-order valence-corrected chi connectivity index (χ0v) is 14.1. The molecule has 122 valence electrons. The highest BCUT2D eigenvalue weighted by atomic mass is 35.5. The average molecular weight is 334 g/mol. The molecule has 0 saturated carbocycles. The molecule has 0 bridgehead atoms. The first-order chi connectivity index (χ1) is 10.8. The lowest BCUT2D eigenvalue weighted by Crippen LogP contribution is -2.27. The van der Waals surface area contributed by atoms with Crippen LogP contribution in [0.5, 0.6) is 11.5 Å². The largest absolute Gasteiger partial charge is 0.456 e. The number of carbonyl (C=O) groups is 1. The van der Waals surface area contributed by atoms with E-state index >= 15 is 0 Å². The first-order valence-electron chi connectivity index (χ1n) is 7.28. The van der Waals surface area contributed by atoms with Crippen LogP contribution in [0.15, 0.2) is 42.5 Å². The summed E-state index contributed by atoms with van der Waals surface area (Å²) in [7, 11) is 0. The Morgan fingerprint density at radius 1 is 1.17 bits per heavy atom. The van der Waals surface area contributed by atoms with Gasteiger partial charge in [-0.05, 0) is 35.9 Å². The van der Waals surface area contributed by atoms with E-state index in [-0.39, 0.29) is 12.5 Å². The van der Waals surface area contributed by atoms with Crippen molar-refractivity contribution >= 4 is 23.2 Å². The van der Waals surface area contributed by atoms with Crippen molar-refractivity contribution in [2.75, 3.05) is 5.32 Å². The first kappa shape index (κ1) is 17.3. The predicted molar refractivity (Wildman–Crippen MR) is 92.0 cm³/mol. The molecule has 2 N–H and O–H groups in total. The van der Waals surface area contributed by atoms with Crippen molar-refractivity contribution in [3.8, 4) is 11.5 Å². The molecule has 23 heavy (non-hydrogen) atoms. The van der Waals surface area contributed by atoms with Crippen molar-refractivity contribution in [2.45, 2.75) is 27.4 Å². The lowest BCUT2D eigenvalue weighted by atomic mass is 9.95. The number of aliphatic hydroxyl groups excluding tert-OH is 1. The fraction of sp³-hybridized carbons (Fsp3) is 0.278. The number of halogens is 1. The Bertz CT molecular complexity index is 690. The van der Waals surface area contributed by atoms with Crippen LogP contribution in [-0.4, -0.2) is 11.0 Å². The molecule has 0 radical (unpaired) electrons. The van der Waals surface area contributed by atoms with Crippen molar-refractivity contribution in [2.24, 2.45) is 5.41 Å². The molecule has 4 nitrogen and oxygen atoms in total. The fourth-order valence-corrected chi connectivity index (χ4v) is 1.99. The molecular weight excluding hydrogens is 314 g/mol. The van der Waals surface area contributed by atoms with Gasteiger partial charge in [-0.2, -0.15) is 0 Å². The van der Waals surface area contributed by atoms with Crippen LogP contribution < -0.4 is 10.1 Å². The van der Waals surface area contributed by atoms with Gasteiger partial charge in [0.1, 0.15) is 11.5 Å². The second-order valence-electron chi connectivity index (χ2n) is 6.25. The smallest absolute Gasteiger partial charge is 0.229 e. The van der Waals surface area contributed by atoms with Crippen LogP contribution in [0.4, 0.5) is 5.69 Å². The summed E-state index contributed by atoms with van der Waals surface area (Å²) in [5.41, 5.74) is 0.956. The van der Waals surface area contributed by atoms with E-state index in [0.717, 1.165) is 5.56 Å². The van der Waals surface area contributed by atoms with Gasteiger partial charge in [-0.25, -0.2) is 0 Å². The molecule has 0 aliphatic heterocycles. The predicted octanol–water partition coefficient (Wildman–Crippen LogP) is 4.61. The van der Waals surface area contributed by atoms with Crippen LogP contribution in [0.25, 0.3) is 0 Å². The van der Waals surface area contributed by atoms with Crippen molar-refractivity contribution in [1.82, 2.24) is 0 Å². The number of anilines is 1. The van der Waals surface area contributed by atoms with Gasteiger partial charge in [-0.3, -0.25) is 4.79 Å². The number of hydrogen-bond donors (Lipinski definition) is 2. The molecule has 1 amide bonds. The molecule has 0 aliphatic rings. The highest BCUT2D eigenvalue weighted by molar-refractivity contribution is 6.32. The lowest BCUT2D eigenvalue weighted by molar-refractivity contribution is -0.123. The zero-order valence-electron chi connectivity index (χ0n) is 13.4. The molecule has 5 heteroatoms. The molecule has 0 fully saturated rings. The zero-order chi connectivity index (χ0) is 17.0. The maximum atomic E-state index is 12.0. The number of hydrogen-bond acceptors (Lipinski definition) is 3. The standard InChI is InChI=1S/C18H20ClNO3/c1-18(2,3)17(22)20-13-6-9-16(15(19)10-13)23-14-7-4-12(11-21)5-8-14/h4-10,21H,11H2,1-3H3,(H,20,22). The van der Waals surface area contributed by atoms with Gasteiger partial charge in [0.25, 0.3) is 0 Å². The molecule has 2 aromatic rings. The topological polar surface area (TPSA) is 58.6 Å². The number of amides is 1. The number of nitrogens with one attached hydrogen (secondary N) is 1. The van der Waals surface area contributed by atoms with E-state index in [9.17, 15) is 4.79 Å². The Labute approximate surface area is 141 Å². The summed E-state index contributed by atoms with van der Waals surface area (Å²) in [6.45, 7) is 5.52. The van der Waals surface area contributed by atoms with Gasteiger partial charge in [-0.1, -0.05) is 44.5 Å². The molecule has 0 spiro atoms. The average Bonchev–Trinajstić information content (AvgIpc) is 2.50. The second-order valence-corrected chi connectivity index (χ2v) is 6.66. The minimum atomic E-state index is -0.476. The summed E-state index contributed by atoms with van der Waals surface area (Å²) in [4.78, 5) is 12.0. The van der Waals surface area contributed by atoms with Gasteiger partial charge in [0, 0.05) is 11.1 Å². The summed E-state index contributed by atoms with van der Waals surface area (Å²) in [5, 5.41) is 12.3. The Morgan fingerprint density at radius 3 is 2.35 bits per heavy atom. The SMILES string of the molecule is CC(C)(C)C(=O)Nc1ccc(Oc2ccc(CO)cc2)c(Cl)c1. The summed E-state index contributed by atoms with van der Waals surface area (Å²) in [6.07, 6.45) is 0. The summed E-state index contributed by atoms with van der Waals surface area (Å²) < 4.78 is 5.71. The van der Waals surface area contributed by atoms with E-state index in [0.29, 0.717) is 22.2 Å². The lowest BCUT2D eigenvalue weighted by Gasteiger charge is -2.18. The highest BCUT2D eigenvalue weighted by Crippen LogP contribution is 2.32. The van der Waals surface area contributed by atoms with E-state index < -0.39 is 5.41 Å². The third kappa shape index (κ3) is 4.71. The molecule has 0 aliphatic carbocycles. The van der Waals surface area contributed by atoms with E-state index in [4.69, 9.17) is 21.4 Å². The Morgan fingerprint density at radius 2 is 1.83 bits per heavy atom. The van der Waals surface area contributed by atoms with Crippen molar-refractivity contribution in [3.63, 3.8) is 0 Å². The maximum Gasteiger partial charge on any atom is 0.229 e. The fourth-order valence-electron chi connectivity index (χ4n) is 1.77. The summed E-state index contributed by atoms with van der Waals surface area (Å²) in [5.74, 6) is 1.04. The molecule has 0 atom stereocenters. The number of rotatable bonds is 4. The highest BCUT2D eigenvalue weighted by Gasteiger charge is 2.21. The van der Waals surface area contributed by atoms with Gasteiger partial charge in [-0.15, -0.1) is 0 Å². The van der Waals surface area contributed by atoms with Crippen molar-refractivity contribution in [1.29, 1.82) is 0 Å².